The zero-order chi connectivity index (χ0) is 15.6. The normalized spacial score (nSPS) is 11.5. The van der Waals surface area contributed by atoms with Crippen LogP contribution in [0.15, 0.2) is 35.5 Å². The third-order valence-electron chi connectivity index (χ3n) is 3.38. The van der Waals surface area contributed by atoms with Crippen molar-refractivity contribution in [1.82, 2.24) is 4.57 Å². The molecule has 21 heavy (non-hydrogen) atoms. The monoisotopic (exact) mass is 285 g/mol. The van der Waals surface area contributed by atoms with Crippen LogP contribution in [0.1, 0.15) is 36.7 Å². The number of nitro groups is 1. The number of hydrogen-bond donors (Lipinski definition) is 0. The summed E-state index contributed by atoms with van der Waals surface area (Å²) >= 11 is 0. The van der Waals surface area contributed by atoms with E-state index in [0.717, 1.165) is 5.56 Å². The maximum Gasteiger partial charge on any atom is 0.274 e. The molecule has 0 saturated carbocycles. The highest BCUT2D eigenvalue weighted by atomic mass is 16.6. The van der Waals surface area contributed by atoms with Gasteiger partial charge in [-0.1, -0.05) is 6.07 Å². The minimum Gasteiger partial charge on any atom is -0.349 e. The molecule has 2 rings (SSSR count). The molecule has 1 heterocycles. The number of aromatic nitrogens is 1. The van der Waals surface area contributed by atoms with Gasteiger partial charge in [-0.25, -0.2) is 0 Å². The van der Waals surface area contributed by atoms with Crippen LogP contribution in [-0.2, 0) is 0 Å². The van der Waals surface area contributed by atoms with E-state index in [1.165, 1.54) is 11.8 Å². The van der Waals surface area contributed by atoms with Crippen LogP contribution in [0.4, 0.5) is 11.4 Å². The number of aryl methyl sites for hydroxylation is 2. The molecule has 0 aliphatic carbocycles. The minimum absolute atomic E-state index is 0.0978. The van der Waals surface area contributed by atoms with Gasteiger partial charge >= 0.3 is 0 Å². The van der Waals surface area contributed by atoms with E-state index in [0.29, 0.717) is 17.3 Å². The van der Waals surface area contributed by atoms with E-state index in [4.69, 9.17) is 0 Å². The van der Waals surface area contributed by atoms with Crippen molar-refractivity contribution < 1.29 is 4.92 Å². The molecule has 2 aromatic rings. The SMILES string of the molecule is Cc1ccc(N=Cc2cc(C)n(C(C)C)c2)cc1[N+](=O)[O-]. The smallest absolute Gasteiger partial charge is 0.274 e. The van der Waals surface area contributed by atoms with Crippen molar-refractivity contribution in [3.63, 3.8) is 0 Å². The summed E-state index contributed by atoms with van der Waals surface area (Å²) in [6.07, 6.45) is 3.77. The van der Waals surface area contributed by atoms with Gasteiger partial charge in [0.05, 0.1) is 10.6 Å². The van der Waals surface area contributed by atoms with Crippen LogP contribution in [0.25, 0.3) is 0 Å². The van der Waals surface area contributed by atoms with E-state index in [2.05, 4.69) is 23.4 Å². The first-order valence-corrected chi connectivity index (χ1v) is 6.86. The summed E-state index contributed by atoms with van der Waals surface area (Å²) in [5.74, 6) is 0. The Morgan fingerprint density at radius 3 is 2.57 bits per heavy atom. The quantitative estimate of drug-likeness (QED) is 0.476. The molecule has 0 aliphatic rings. The van der Waals surface area contributed by atoms with Gasteiger partial charge in [0, 0.05) is 41.3 Å². The van der Waals surface area contributed by atoms with Crippen LogP contribution in [0.2, 0.25) is 0 Å². The van der Waals surface area contributed by atoms with Crippen molar-refractivity contribution in [2.45, 2.75) is 33.7 Å². The molecule has 0 aliphatic heterocycles. The van der Waals surface area contributed by atoms with Gasteiger partial charge in [-0.05, 0) is 39.8 Å². The van der Waals surface area contributed by atoms with Gasteiger partial charge < -0.3 is 4.57 Å². The summed E-state index contributed by atoms with van der Waals surface area (Å²) in [6, 6.07) is 7.44. The Kier molecular flexibility index (Phi) is 4.21. The topological polar surface area (TPSA) is 60.4 Å². The van der Waals surface area contributed by atoms with Crippen molar-refractivity contribution in [2.24, 2.45) is 4.99 Å². The summed E-state index contributed by atoms with van der Waals surface area (Å²) in [4.78, 5) is 14.9. The Balaban J connectivity index is 2.27. The van der Waals surface area contributed by atoms with Crippen molar-refractivity contribution in [2.75, 3.05) is 0 Å². The lowest BCUT2D eigenvalue weighted by Gasteiger charge is -2.08. The van der Waals surface area contributed by atoms with E-state index < -0.39 is 0 Å². The number of benzene rings is 1. The third-order valence-corrected chi connectivity index (χ3v) is 3.38. The average Bonchev–Trinajstić information content (AvgIpc) is 2.79. The van der Waals surface area contributed by atoms with Crippen molar-refractivity contribution in [3.8, 4) is 0 Å². The molecule has 1 aromatic carbocycles. The van der Waals surface area contributed by atoms with Gasteiger partial charge in [0.25, 0.3) is 5.69 Å². The van der Waals surface area contributed by atoms with Crippen molar-refractivity contribution in [3.05, 3.63) is 57.4 Å². The molecule has 0 atom stereocenters. The number of rotatable bonds is 4. The van der Waals surface area contributed by atoms with E-state index in [1.54, 1.807) is 25.3 Å². The predicted octanol–water partition coefficient (Wildman–Crippen LogP) is 4.34. The standard InChI is InChI=1S/C16H19N3O2/c1-11(2)18-10-14(7-13(18)4)9-17-15-6-5-12(3)16(8-15)19(20)21/h5-11H,1-4H3. The molecule has 0 unspecified atom stereocenters. The first kappa shape index (κ1) is 15.0. The molecule has 110 valence electrons. The number of hydrogen-bond acceptors (Lipinski definition) is 3. The Labute approximate surface area is 124 Å². The van der Waals surface area contributed by atoms with Gasteiger partial charge in [-0.3, -0.25) is 15.1 Å². The third kappa shape index (κ3) is 3.37. The number of aliphatic imine (C=N–C) groups is 1. The van der Waals surface area contributed by atoms with Crippen LogP contribution in [0.3, 0.4) is 0 Å². The number of nitrogens with zero attached hydrogens (tertiary/aromatic N) is 3. The first-order valence-electron chi connectivity index (χ1n) is 6.86. The van der Waals surface area contributed by atoms with Gasteiger partial charge in [0.2, 0.25) is 0 Å². The molecule has 5 heteroatoms. The molecule has 0 amide bonds. The zero-order valence-corrected chi connectivity index (χ0v) is 12.7. The summed E-state index contributed by atoms with van der Waals surface area (Å²) < 4.78 is 2.17. The van der Waals surface area contributed by atoms with Gasteiger partial charge in [0.15, 0.2) is 0 Å². The second-order valence-corrected chi connectivity index (χ2v) is 5.40. The van der Waals surface area contributed by atoms with Gasteiger partial charge in [-0.15, -0.1) is 0 Å². The maximum absolute atomic E-state index is 10.9. The lowest BCUT2D eigenvalue weighted by Crippen LogP contribution is -2.00. The molecular weight excluding hydrogens is 266 g/mol. The van der Waals surface area contributed by atoms with E-state index in [9.17, 15) is 10.1 Å². The second kappa shape index (κ2) is 5.91. The maximum atomic E-state index is 10.9. The second-order valence-electron chi connectivity index (χ2n) is 5.40. The Morgan fingerprint density at radius 1 is 1.29 bits per heavy atom. The lowest BCUT2D eigenvalue weighted by atomic mass is 10.2. The molecule has 0 N–H and O–H groups in total. The molecule has 1 aromatic heterocycles. The highest BCUT2D eigenvalue weighted by Crippen LogP contribution is 2.24. The lowest BCUT2D eigenvalue weighted by molar-refractivity contribution is -0.385. The zero-order valence-electron chi connectivity index (χ0n) is 12.7. The van der Waals surface area contributed by atoms with Gasteiger partial charge in [-0.2, -0.15) is 0 Å². The van der Waals surface area contributed by atoms with Crippen LogP contribution in [0, 0.1) is 24.0 Å². The van der Waals surface area contributed by atoms with Gasteiger partial charge in [0.1, 0.15) is 0 Å². The van der Waals surface area contributed by atoms with Crippen molar-refractivity contribution in [1.29, 1.82) is 0 Å². The Hall–Kier alpha value is -2.43. The summed E-state index contributed by atoms with van der Waals surface area (Å²) in [7, 11) is 0. The Bertz CT molecular complexity index is 700. The highest BCUT2D eigenvalue weighted by Gasteiger charge is 2.10. The number of nitro benzene ring substituents is 1. The molecule has 0 spiro atoms. The van der Waals surface area contributed by atoms with Crippen LogP contribution in [0.5, 0.6) is 0 Å². The predicted molar refractivity (Wildman–Crippen MR) is 84.6 cm³/mol. The van der Waals surface area contributed by atoms with E-state index in [-0.39, 0.29) is 10.6 Å². The minimum atomic E-state index is -0.381. The average molecular weight is 285 g/mol. The molecule has 0 fully saturated rings. The molecule has 0 bridgehead atoms. The molecule has 5 nitrogen and oxygen atoms in total. The Morgan fingerprint density at radius 2 is 2.00 bits per heavy atom. The molecule has 0 saturated heterocycles. The molecule has 0 radical (unpaired) electrons. The van der Waals surface area contributed by atoms with Crippen LogP contribution >= 0.6 is 0 Å². The fourth-order valence-electron chi connectivity index (χ4n) is 2.27. The van der Waals surface area contributed by atoms with Crippen LogP contribution < -0.4 is 0 Å². The summed E-state index contributed by atoms with van der Waals surface area (Å²) in [6.45, 7) is 8.01. The van der Waals surface area contributed by atoms with E-state index in [1.807, 2.05) is 19.2 Å². The summed E-state index contributed by atoms with van der Waals surface area (Å²) in [5.41, 5.74) is 3.48. The fourth-order valence-corrected chi connectivity index (χ4v) is 2.27. The molecular formula is C16H19N3O2. The van der Waals surface area contributed by atoms with E-state index >= 15 is 0 Å². The largest absolute Gasteiger partial charge is 0.349 e. The first-order chi connectivity index (χ1) is 9.88. The fraction of sp³-hybridized carbons (Fsp3) is 0.312. The highest BCUT2D eigenvalue weighted by molar-refractivity contribution is 5.82. The van der Waals surface area contributed by atoms with Crippen LogP contribution in [-0.4, -0.2) is 15.7 Å². The van der Waals surface area contributed by atoms with Crippen molar-refractivity contribution >= 4 is 17.6 Å². The summed E-state index contributed by atoms with van der Waals surface area (Å²) in [5, 5.41) is 10.9.